The summed E-state index contributed by atoms with van der Waals surface area (Å²) in [5.41, 5.74) is 1.21. The predicted octanol–water partition coefficient (Wildman–Crippen LogP) is 3.52. The zero-order valence-corrected chi connectivity index (χ0v) is 15.8. The zero-order valence-electron chi connectivity index (χ0n) is 15.8. The average molecular weight is 368 g/mol. The molecule has 27 heavy (non-hydrogen) atoms. The van der Waals surface area contributed by atoms with Crippen molar-refractivity contribution in [2.75, 3.05) is 25.5 Å². The molecule has 0 radical (unpaired) electrons. The summed E-state index contributed by atoms with van der Waals surface area (Å²) in [6, 6.07) is 11.6. The van der Waals surface area contributed by atoms with Crippen molar-refractivity contribution >= 4 is 11.7 Å². The maximum atomic E-state index is 14.2. The van der Waals surface area contributed by atoms with E-state index in [0.717, 1.165) is 25.7 Å². The number of benzene rings is 1. The summed E-state index contributed by atoms with van der Waals surface area (Å²) in [5, 5.41) is 3.15. The predicted molar refractivity (Wildman–Crippen MR) is 103 cm³/mol. The highest BCUT2D eigenvalue weighted by Crippen LogP contribution is 2.46. The van der Waals surface area contributed by atoms with Gasteiger partial charge in [-0.05, 0) is 51.4 Å². The van der Waals surface area contributed by atoms with Crippen LogP contribution in [0.25, 0.3) is 0 Å². The third kappa shape index (κ3) is 2.98. The molecule has 1 saturated carbocycles. The van der Waals surface area contributed by atoms with Crippen molar-refractivity contribution in [1.82, 2.24) is 15.2 Å². The van der Waals surface area contributed by atoms with E-state index in [0.29, 0.717) is 6.54 Å². The first-order valence-corrected chi connectivity index (χ1v) is 9.38. The lowest BCUT2D eigenvalue weighted by atomic mass is 9.69. The lowest BCUT2D eigenvalue weighted by Crippen LogP contribution is -2.54. The van der Waals surface area contributed by atoms with Crippen LogP contribution in [0.15, 0.2) is 48.8 Å². The highest BCUT2D eigenvalue weighted by molar-refractivity contribution is 5.95. The summed E-state index contributed by atoms with van der Waals surface area (Å²) in [4.78, 5) is 20.3. The Morgan fingerprint density at radius 3 is 2.44 bits per heavy atom. The molecule has 5 nitrogen and oxygen atoms in total. The minimum atomic E-state index is -0.417. The fraction of sp³-hybridized carbons (Fsp3) is 0.429. The van der Waals surface area contributed by atoms with Crippen LogP contribution in [0.4, 0.5) is 14.9 Å². The second-order valence-corrected chi connectivity index (χ2v) is 7.92. The lowest BCUT2D eigenvalue weighted by molar-refractivity contribution is 0.0657. The van der Waals surface area contributed by atoms with Gasteiger partial charge in [0.2, 0.25) is 0 Å². The van der Waals surface area contributed by atoms with E-state index >= 15 is 0 Å². The monoisotopic (exact) mass is 368 g/mol. The number of hydrogen-bond acceptors (Lipinski definition) is 3. The molecule has 2 amide bonds. The van der Waals surface area contributed by atoms with Crippen LogP contribution in [-0.4, -0.2) is 42.1 Å². The quantitative estimate of drug-likeness (QED) is 0.902. The lowest BCUT2D eigenvalue weighted by Gasteiger charge is -2.48. The first-order valence-electron chi connectivity index (χ1n) is 9.38. The Hall–Kier alpha value is -2.47. The van der Waals surface area contributed by atoms with Gasteiger partial charge in [0.05, 0.1) is 24.0 Å². The molecule has 2 aromatic rings. The maximum absolute atomic E-state index is 14.2. The van der Waals surface area contributed by atoms with Crippen LogP contribution < -0.4 is 10.2 Å². The second kappa shape index (κ2) is 6.60. The molecule has 6 heteroatoms. The number of carbonyl (C=O) groups is 1. The molecule has 1 aliphatic heterocycles. The molecule has 2 fully saturated rings. The van der Waals surface area contributed by atoms with Crippen molar-refractivity contribution in [1.29, 1.82) is 0 Å². The van der Waals surface area contributed by atoms with E-state index < -0.39 is 5.82 Å². The van der Waals surface area contributed by atoms with Gasteiger partial charge in [-0.15, -0.1) is 0 Å². The molecule has 1 aromatic heterocycles. The number of rotatable bonds is 3. The van der Waals surface area contributed by atoms with Gasteiger partial charge >= 0.3 is 6.03 Å². The Morgan fingerprint density at radius 2 is 1.81 bits per heavy atom. The fourth-order valence-corrected chi connectivity index (χ4v) is 4.64. The zero-order chi connectivity index (χ0) is 19.1. The average Bonchev–Trinajstić information content (AvgIpc) is 2.99. The summed E-state index contributed by atoms with van der Waals surface area (Å²) in [6.45, 7) is 0.479. The Kier molecular flexibility index (Phi) is 4.38. The van der Waals surface area contributed by atoms with E-state index in [1.807, 2.05) is 6.07 Å². The molecule has 1 spiro atoms. The summed E-state index contributed by atoms with van der Waals surface area (Å²) in [7, 11) is 4.24. The first kappa shape index (κ1) is 17.9. The molecular weight excluding hydrogens is 343 g/mol. The largest absolute Gasteiger partial charge is 0.330 e. The maximum Gasteiger partial charge on any atom is 0.322 e. The smallest absolute Gasteiger partial charge is 0.322 e. The molecule has 0 bridgehead atoms. The van der Waals surface area contributed by atoms with Gasteiger partial charge in [0.1, 0.15) is 5.82 Å². The van der Waals surface area contributed by atoms with E-state index in [1.54, 1.807) is 0 Å². The highest BCUT2D eigenvalue weighted by Gasteiger charge is 2.50. The number of pyridine rings is 1. The highest BCUT2D eigenvalue weighted by atomic mass is 19.1. The van der Waals surface area contributed by atoms with Gasteiger partial charge in [-0.1, -0.05) is 30.3 Å². The third-order valence-electron chi connectivity index (χ3n) is 6.32. The SMILES string of the molecule is CN(C)[C@]1(c2ccccc2)CC[C@@]2(CC1)CN(c1cnccc1F)C(=O)N2. The first-order chi connectivity index (χ1) is 13.0. The molecule has 1 saturated heterocycles. The number of carbonyl (C=O) groups excluding carboxylic acids is 1. The van der Waals surface area contributed by atoms with Crippen LogP contribution in [0.1, 0.15) is 31.2 Å². The number of nitrogens with one attached hydrogen (secondary N) is 1. The van der Waals surface area contributed by atoms with Crippen LogP contribution in [0.3, 0.4) is 0 Å². The molecular formula is C21H25FN4O. The van der Waals surface area contributed by atoms with Crippen LogP contribution in [0.2, 0.25) is 0 Å². The van der Waals surface area contributed by atoms with Gasteiger partial charge in [0.15, 0.2) is 0 Å². The van der Waals surface area contributed by atoms with Crippen LogP contribution in [0, 0.1) is 5.82 Å². The molecule has 2 aliphatic rings. The Balaban J connectivity index is 1.57. The van der Waals surface area contributed by atoms with Gasteiger partial charge in [-0.2, -0.15) is 0 Å². The number of anilines is 1. The van der Waals surface area contributed by atoms with Gasteiger partial charge in [-0.3, -0.25) is 14.8 Å². The van der Waals surface area contributed by atoms with Crippen molar-refractivity contribution in [2.45, 2.75) is 36.8 Å². The van der Waals surface area contributed by atoms with Crippen LogP contribution in [-0.2, 0) is 5.54 Å². The minimum absolute atomic E-state index is 0.0375. The molecule has 1 aliphatic carbocycles. The normalized spacial score (nSPS) is 28.0. The number of hydrogen-bond donors (Lipinski definition) is 1. The van der Waals surface area contributed by atoms with Gasteiger partial charge < -0.3 is 5.32 Å². The van der Waals surface area contributed by atoms with Crippen molar-refractivity contribution in [2.24, 2.45) is 0 Å². The third-order valence-corrected chi connectivity index (χ3v) is 6.32. The van der Waals surface area contributed by atoms with Gasteiger partial charge in [0, 0.05) is 11.7 Å². The topological polar surface area (TPSA) is 48.5 Å². The van der Waals surface area contributed by atoms with Crippen molar-refractivity contribution in [3.63, 3.8) is 0 Å². The van der Waals surface area contributed by atoms with E-state index in [4.69, 9.17) is 0 Å². The molecule has 1 aromatic carbocycles. The van der Waals surface area contributed by atoms with E-state index in [9.17, 15) is 9.18 Å². The summed E-state index contributed by atoms with van der Waals surface area (Å²) >= 11 is 0. The molecule has 2 heterocycles. The van der Waals surface area contributed by atoms with Crippen LogP contribution in [0.5, 0.6) is 0 Å². The number of nitrogens with zero attached hydrogens (tertiary/aromatic N) is 3. The van der Waals surface area contributed by atoms with E-state index in [-0.39, 0.29) is 22.8 Å². The number of amides is 2. The van der Waals surface area contributed by atoms with Crippen molar-refractivity contribution in [3.05, 3.63) is 60.2 Å². The molecule has 0 atom stereocenters. The number of aromatic nitrogens is 1. The Labute approximate surface area is 159 Å². The second-order valence-electron chi connectivity index (χ2n) is 7.92. The minimum Gasteiger partial charge on any atom is -0.330 e. The fourth-order valence-electron chi connectivity index (χ4n) is 4.64. The van der Waals surface area contributed by atoms with Gasteiger partial charge in [0.25, 0.3) is 0 Å². The van der Waals surface area contributed by atoms with Gasteiger partial charge in [-0.25, -0.2) is 9.18 Å². The van der Waals surface area contributed by atoms with Crippen LogP contribution >= 0.6 is 0 Å². The Bertz CT molecular complexity index is 831. The molecule has 142 valence electrons. The van der Waals surface area contributed by atoms with E-state index in [1.165, 1.54) is 28.9 Å². The molecule has 0 unspecified atom stereocenters. The van der Waals surface area contributed by atoms with Crippen molar-refractivity contribution < 1.29 is 9.18 Å². The number of halogens is 1. The summed E-state index contributed by atoms with van der Waals surface area (Å²) < 4.78 is 14.2. The van der Waals surface area contributed by atoms with E-state index in [2.05, 4.69) is 53.6 Å². The van der Waals surface area contributed by atoms with Crippen molar-refractivity contribution in [3.8, 4) is 0 Å². The summed E-state index contributed by atoms with van der Waals surface area (Å²) in [6.07, 6.45) is 6.40. The standard InChI is InChI=1S/C21H25FN4O/c1-25(2)21(16-6-4-3-5-7-16)11-9-20(10-12-21)15-26(19(27)24-20)18-14-23-13-8-17(18)22/h3-8,13-14H,9-12,15H2,1-2H3,(H,24,27)/t20-,21-. The summed E-state index contributed by atoms with van der Waals surface area (Å²) in [5.74, 6) is -0.417. The molecule has 4 rings (SSSR count). The number of urea groups is 1. The molecule has 1 N–H and O–H groups in total. The Morgan fingerprint density at radius 1 is 1.11 bits per heavy atom.